The highest BCUT2D eigenvalue weighted by Gasteiger charge is 2.45. The van der Waals surface area contributed by atoms with Crippen molar-refractivity contribution in [2.45, 2.75) is 24.6 Å². The van der Waals surface area contributed by atoms with Gasteiger partial charge in [0.1, 0.15) is 6.26 Å². The van der Waals surface area contributed by atoms with E-state index in [1.807, 2.05) is 0 Å². The highest BCUT2D eigenvalue weighted by Crippen LogP contribution is 2.46. The summed E-state index contributed by atoms with van der Waals surface area (Å²) < 4.78 is 43.9. The molecule has 2 N–H and O–H groups in total. The summed E-state index contributed by atoms with van der Waals surface area (Å²) >= 11 is 0. The predicted molar refractivity (Wildman–Crippen MR) is 75.7 cm³/mol. The van der Waals surface area contributed by atoms with E-state index in [2.05, 4.69) is 5.32 Å². The number of carboxylic acid groups (broad SMARTS) is 1. The second-order valence-electron chi connectivity index (χ2n) is 5.51. The lowest BCUT2D eigenvalue weighted by atomic mass is 10.0. The van der Waals surface area contributed by atoms with E-state index in [9.17, 15) is 22.8 Å². The third-order valence-corrected chi connectivity index (χ3v) is 3.84. The summed E-state index contributed by atoms with van der Waals surface area (Å²) in [6, 6.07) is 5.87. The minimum atomic E-state index is -4.45. The highest BCUT2D eigenvalue weighted by molar-refractivity contribution is 5.95. The van der Waals surface area contributed by atoms with Gasteiger partial charge in [0, 0.05) is 18.0 Å². The molecule has 0 bridgehead atoms. The number of carboxylic acids is 1. The number of alkyl halides is 3. The van der Waals surface area contributed by atoms with Crippen LogP contribution >= 0.6 is 0 Å². The fourth-order valence-corrected chi connectivity index (χ4v) is 2.58. The van der Waals surface area contributed by atoms with Crippen molar-refractivity contribution in [2.24, 2.45) is 0 Å². The number of amides is 1. The molecule has 1 saturated carbocycles. The molecule has 1 aromatic carbocycles. The smallest absolute Gasteiger partial charge is 0.416 e. The van der Waals surface area contributed by atoms with Crippen molar-refractivity contribution in [3.8, 4) is 0 Å². The molecule has 126 valence electrons. The van der Waals surface area contributed by atoms with Crippen molar-refractivity contribution in [1.82, 2.24) is 5.32 Å². The van der Waals surface area contributed by atoms with Crippen LogP contribution in [0, 0.1) is 0 Å². The van der Waals surface area contributed by atoms with E-state index in [1.54, 1.807) is 0 Å². The molecule has 3 rings (SSSR count). The molecular formula is C16H12F3NO4. The zero-order valence-corrected chi connectivity index (χ0v) is 12.1. The Kier molecular flexibility index (Phi) is 3.82. The molecule has 5 nitrogen and oxygen atoms in total. The average molecular weight is 339 g/mol. The molecule has 2 atom stereocenters. The Bertz CT molecular complexity index is 797. The summed E-state index contributed by atoms with van der Waals surface area (Å²) in [5, 5.41) is 11.3. The van der Waals surface area contributed by atoms with Gasteiger partial charge in [0.05, 0.1) is 11.1 Å². The van der Waals surface area contributed by atoms with E-state index < -0.39 is 35.6 Å². The Hall–Kier alpha value is -2.77. The molecule has 1 aromatic heterocycles. The molecule has 8 heteroatoms. The largest absolute Gasteiger partial charge is 0.478 e. The summed E-state index contributed by atoms with van der Waals surface area (Å²) in [7, 11) is 0. The van der Waals surface area contributed by atoms with E-state index in [4.69, 9.17) is 9.52 Å². The number of benzene rings is 1. The van der Waals surface area contributed by atoms with Crippen molar-refractivity contribution >= 4 is 11.9 Å². The second-order valence-corrected chi connectivity index (χ2v) is 5.51. The summed E-state index contributed by atoms with van der Waals surface area (Å²) in [6.07, 6.45) is -3.14. The van der Waals surface area contributed by atoms with Crippen LogP contribution in [0.2, 0.25) is 0 Å². The summed E-state index contributed by atoms with van der Waals surface area (Å²) in [5.74, 6) is -2.51. The Balaban J connectivity index is 1.70. The number of halogens is 3. The molecule has 1 heterocycles. The van der Waals surface area contributed by atoms with E-state index in [-0.39, 0.29) is 16.9 Å². The van der Waals surface area contributed by atoms with Crippen LogP contribution in [0.1, 0.15) is 44.4 Å². The first-order valence-electron chi connectivity index (χ1n) is 7.06. The van der Waals surface area contributed by atoms with Gasteiger partial charge < -0.3 is 14.8 Å². The molecule has 2 unspecified atom stereocenters. The number of furan rings is 1. The summed E-state index contributed by atoms with van der Waals surface area (Å²) in [4.78, 5) is 22.7. The standard InChI is InChI=1S/C16H12F3NO4/c17-16(18,19)11-4-2-1-3-9(11)10-6-12(10)20-14(21)13-5-8(7-24-13)15(22)23/h1-5,7,10,12H,6H2,(H,20,21)(H,22,23). The molecule has 1 aliphatic carbocycles. The van der Waals surface area contributed by atoms with E-state index in [1.165, 1.54) is 18.2 Å². The van der Waals surface area contributed by atoms with Gasteiger partial charge in [-0.15, -0.1) is 0 Å². The van der Waals surface area contributed by atoms with Crippen molar-refractivity contribution < 1.29 is 32.3 Å². The lowest BCUT2D eigenvalue weighted by Crippen LogP contribution is -2.26. The van der Waals surface area contributed by atoms with Gasteiger partial charge in [-0.2, -0.15) is 13.2 Å². The van der Waals surface area contributed by atoms with E-state index in [0.29, 0.717) is 6.42 Å². The van der Waals surface area contributed by atoms with Crippen LogP contribution in [-0.2, 0) is 6.18 Å². The van der Waals surface area contributed by atoms with Gasteiger partial charge in [0.2, 0.25) is 0 Å². The quantitative estimate of drug-likeness (QED) is 0.896. The molecule has 2 aromatic rings. The maximum Gasteiger partial charge on any atom is 0.416 e. The van der Waals surface area contributed by atoms with Crippen molar-refractivity contribution in [3.63, 3.8) is 0 Å². The van der Waals surface area contributed by atoms with Crippen molar-refractivity contribution in [2.75, 3.05) is 0 Å². The maximum atomic E-state index is 13.0. The third-order valence-electron chi connectivity index (χ3n) is 3.84. The van der Waals surface area contributed by atoms with Crippen LogP contribution in [0.4, 0.5) is 13.2 Å². The Morgan fingerprint density at radius 3 is 2.58 bits per heavy atom. The van der Waals surface area contributed by atoms with Crippen LogP contribution in [0.5, 0.6) is 0 Å². The molecular weight excluding hydrogens is 327 g/mol. The normalized spacial score (nSPS) is 19.8. The monoisotopic (exact) mass is 339 g/mol. The lowest BCUT2D eigenvalue weighted by molar-refractivity contribution is -0.138. The fraction of sp³-hybridized carbons (Fsp3) is 0.250. The summed E-state index contributed by atoms with van der Waals surface area (Å²) in [5.41, 5.74) is -0.742. The number of hydrogen-bond acceptors (Lipinski definition) is 3. The Morgan fingerprint density at radius 2 is 1.96 bits per heavy atom. The van der Waals surface area contributed by atoms with Gasteiger partial charge in [0.15, 0.2) is 5.76 Å². The predicted octanol–water partition coefficient (Wildman–Crippen LogP) is 3.28. The van der Waals surface area contributed by atoms with E-state index >= 15 is 0 Å². The number of nitrogens with one attached hydrogen (secondary N) is 1. The van der Waals surface area contributed by atoms with Gasteiger partial charge in [-0.05, 0) is 18.1 Å². The molecule has 0 aliphatic heterocycles. The molecule has 0 radical (unpaired) electrons. The first-order chi connectivity index (χ1) is 11.3. The Morgan fingerprint density at radius 1 is 1.25 bits per heavy atom. The van der Waals surface area contributed by atoms with Crippen LogP contribution in [0.25, 0.3) is 0 Å². The first kappa shape index (κ1) is 16.1. The Labute approximate surface area is 134 Å². The lowest BCUT2D eigenvalue weighted by Gasteiger charge is -2.12. The molecule has 0 spiro atoms. The number of rotatable bonds is 4. The molecule has 24 heavy (non-hydrogen) atoms. The van der Waals surface area contributed by atoms with Crippen LogP contribution in [0.15, 0.2) is 41.0 Å². The van der Waals surface area contributed by atoms with Gasteiger partial charge in [-0.3, -0.25) is 4.79 Å². The minimum Gasteiger partial charge on any atom is -0.478 e. The van der Waals surface area contributed by atoms with Gasteiger partial charge >= 0.3 is 12.1 Å². The van der Waals surface area contributed by atoms with Gasteiger partial charge in [0.25, 0.3) is 5.91 Å². The molecule has 1 fully saturated rings. The zero-order valence-electron chi connectivity index (χ0n) is 12.1. The minimum absolute atomic E-state index is 0.140. The number of carbonyl (C=O) groups excluding carboxylic acids is 1. The molecule has 0 saturated heterocycles. The maximum absolute atomic E-state index is 13.0. The third kappa shape index (κ3) is 3.12. The van der Waals surface area contributed by atoms with Gasteiger partial charge in [-0.25, -0.2) is 4.79 Å². The van der Waals surface area contributed by atoms with Crippen LogP contribution in [-0.4, -0.2) is 23.0 Å². The average Bonchev–Trinajstić information content (AvgIpc) is 3.08. The number of hydrogen-bond donors (Lipinski definition) is 2. The highest BCUT2D eigenvalue weighted by atomic mass is 19.4. The second kappa shape index (κ2) is 5.70. The van der Waals surface area contributed by atoms with Crippen molar-refractivity contribution in [1.29, 1.82) is 0 Å². The summed E-state index contributed by atoms with van der Waals surface area (Å²) in [6.45, 7) is 0. The zero-order chi connectivity index (χ0) is 17.5. The molecule has 1 amide bonds. The van der Waals surface area contributed by atoms with Gasteiger partial charge in [-0.1, -0.05) is 18.2 Å². The first-order valence-corrected chi connectivity index (χ1v) is 7.06. The van der Waals surface area contributed by atoms with Crippen LogP contribution in [0.3, 0.4) is 0 Å². The van der Waals surface area contributed by atoms with Crippen molar-refractivity contribution in [3.05, 3.63) is 59.0 Å². The number of aromatic carboxylic acids is 1. The molecule has 1 aliphatic rings. The fourth-order valence-electron chi connectivity index (χ4n) is 2.58. The topological polar surface area (TPSA) is 79.5 Å². The van der Waals surface area contributed by atoms with E-state index in [0.717, 1.165) is 18.4 Å². The van der Waals surface area contributed by atoms with Crippen LogP contribution < -0.4 is 5.32 Å². The number of carbonyl (C=O) groups is 2. The SMILES string of the molecule is O=C(O)c1coc(C(=O)NC2CC2c2ccccc2C(F)(F)F)c1.